The molecule has 4 heteroatoms. The summed E-state index contributed by atoms with van der Waals surface area (Å²) in [6.07, 6.45) is 0.903. The largest absolute Gasteiger partial charge is 0.292 e. The molecule has 0 radical (unpaired) electrons. The second kappa shape index (κ2) is 3.66. The summed E-state index contributed by atoms with van der Waals surface area (Å²) in [5.41, 5.74) is 1.40. The van der Waals surface area contributed by atoms with E-state index in [0.717, 1.165) is 6.20 Å². The molecule has 0 heterocycles. The van der Waals surface area contributed by atoms with Crippen molar-refractivity contribution in [2.75, 3.05) is 0 Å². The molecule has 0 aromatic carbocycles. The summed E-state index contributed by atoms with van der Waals surface area (Å²) in [6.45, 7) is 0. The highest BCUT2D eigenvalue weighted by Crippen LogP contribution is 1.82. The van der Waals surface area contributed by atoms with Crippen molar-refractivity contribution in [2.45, 2.75) is 0 Å². The Kier molecular flexibility index (Phi) is 2.97. The van der Waals surface area contributed by atoms with Crippen molar-refractivity contribution in [3.05, 3.63) is 11.8 Å². The molecule has 0 bridgehead atoms. The molecule has 0 aliphatic rings. The summed E-state index contributed by atoms with van der Waals surface area (Å²) in [5, 5.41) is 23.8. The number of rotatable bonds is 1. The third kappa shape index (κ3) is 1.81. The van der Waals surface area contributed by atoms with Crippen molar-refractivity contribution in [3.8, 4) is 12.1 Å². The number of hydroxylamine groups is 1. The maximum atomic E-state index is 7.97. The average Bonchev–Trinajstić information content (AvgIpc) is 1.83. The molecule has 0 aromatic heterocycles. The van der Waals surface area contributed by atoms with Gasteiger partial charge in [0.2, 0.25) is 0 Å². The van der Waals surface area contributed by atoms with E-state index in [9.17, 15) is 0 Å². The normalized spacial score (nSPS) is 5.88. The maximum Gasteiger partial charge on any atom is 0.147 e. The quantitative estimate of drug-likeness (QED) is 0.364. The zero-order valence-electron chi connectivity index (χ0n) is 3.92. The fraction of sp³-hybridized carbons (Fsp3) is 0. The van der Waals surface area contributed by atoms with Crippen LogP contribution in [0.25, 0.3) is 0 Å². The summed E-state index contributed by atoms with van der Waals surface area (Å²) in [5.74, 6) is 0. The number of nitrogens with one attached hydrogen (secondary N) is 1. The van der Waals surface area contributed by atoms with Crippen LogP contribution in [0.15, 0.2) is 11.8 Å². The lowest BCUT2D eigenvalue weighted by Crippen LogP contribution is -1.94. The van der Waals surface area contributed by atoms with Crippen LogP contribution in [0, 0.1) is 22.7 Å². The fourth-order valence-electron chi connectivity index (χ4n) is 0.154. The Morgan fingerprint density at radius 3 is 2.12 bits per heavy atom. The molecule has 0 amide bonds. The Balaban J connectivity index is 3.99. The first-order valence-electron chi connectivity index (χ1n) is 1.75. The molecule has 0 aliphatic heterocycles. The Morgan fingerprint density at radius 1 is 1.50 bits per heavy atom. The highest BCUT2D eigenvalue weighted by molar-refractivity contribution is 5.33. The number of nitrogens with zero attached hydrogens (tertiary/aromatic N) is 2. The molecule has 0 unspecified atom stereocenters. The van der Waals surface area contributed by atoms with Gasteiger partial charge >= 0.3 is 0 Å². The lowest BCUT2D eigenvalue weighted by atomic mass is 10.4. The van der Waals surface area contributed by atoms with E-state index in [1.165, 1.54) is 12.1 Å². The third-order valence-corrected chi connectivity index (χ3v) is 0.450. The second-order valence-corrected chi connectivity index (χ2v) is 0.911. The van der Waals surface area contributed by atoms with E-state index in [-0.39, 0.29) is 5.57 Å². The monoisotopic (exact) mass is 109 g/mol. The van der Waals surface area contributed by atoms with E-state index in [1.54, 1.807) is 5.48 Å². The number of hydrogen-bond acceptors (Lipinski definition) is 4. The van der Waals surface area contributed by atoms with Gasteiger partial charge in [0.25, 0.3) is 0 Å². The minimum atomic E-state index is -0.160. The Bertz CT molecular complexity index is 155. The van der Waals surface area contributed by atoms with Gasteiger partial charge < -0.3 is 0 Å². The van der Waals surface area contributed by atoms with E-state index >= 15 is 0 Å². The van der Waals surface area contributed by atoms with Crippen molar-refractivity contribution in [1.29, 1.82) is 10.5 Å². The van der Waals surface area contributed by atoms with Crippen LogP contribution in [0.4, 0.5) is 0 Å². The molecular weight excluding hydrogens is 106 g/mol. The summed E-state index contributed by atoms with van der Waals surface area (Å²) in [7, 11) is 0. The van der Waals surface area contributed by atoms with Crippen LogP contribution in [0.1, 0.15) is 0 Å². The lowest BCUT2D eigenvalue weighted by Gasteiger charge is -1.79. The standard InChI is InChI=1S/C4H3N3O/c5-1-4(2-6)3-7-8/h3,7-8H. The molecule has 0 fully saturated rings. The summed E-state index contributed by atoms with van der Waals surface area (Å²) in [6, 6.07) is 3.06. The van der Waals surface area contributed by atoms with E-state index in [4.69, 9.17) is 15.7 Å². The topological polar surface area (TPSA) is 79.8 Å². The molecule has 0 aliphatic carbocycles. The predicted molar refractivity (Wildman–Crippen MR) is 24.2 cm³/mol. The molecule has 0 atom stereocenters. The van der Waals surface area contributed by atoms with E-state index < -0.39 is 0 Å². The van der Waals surface area contributed by atoms with Crippen LogP contribution in [0.3, 0.4) is 0 Å². The minimum absolute atomic E-state index is 0.160. The first-order valence-corrected chi connectivity index (χ1v) is 1.75. The third-order valence-electron chi connectivity index (χ3n) is 0.450. The zero-order valence-corrected chi connectivity index (χ0v) is 3.92. The molecule has 0 saturated heterocycles. The number of nitriles is 2. The second-order valence-electron chi connectivity index (χ2n) is 0.911. The van der Waals surface area contributed by atoms with Gasteiger partial charge in [0, 0.05) is 0 Å². The summed E-state index contributed by atoms with van der Waals surface area (Å²) < 4.78 is 0. The highest BCUT2D eigenvalue weighted by atomic mass is 16.5. The van der Waals surface area contributed by atoms with Crippen molar-refractivity contribution < 1.29 is 5.21 Å². The summed E-state index contributed by atoms with van der Waals surface area (Å²) in [4.78, 5) is 0. The molecular formula is C4H3N3O. The van der Waals surface area contributed by atoms with Gasteiger partial charge in [-0.05, 0) is 0 Å². The minimum Gasteiger partial charge on any atom is -0.292 e. The maximum absolute atomic E-state index is 7.97. The highest BCUT2D eigenvalue weighted by Gasteiger charge is 1.85. The SMILES string of the molecule is N#CC(C#N)=CNO. The fourth-order valence-corrected chi connectivity index (χ4v) is 0.154. The van der Waals surface area contributed by atoms with Crippen LogP contribution < -0.4 is 5.48 Å². The predicted octanol–water partition coefficient (Wildman–Crippen LogP) is -0.104. The molecule has 0 aromatic rings. The van der Waals surface area contributed by atoms with Gasteiger partial charge in [-0.25, -0.2) is 0 Å². The molecule has 4 nitrogen and oxygen atoms in total. The van der Waals surface area contributed by atoms with Crippen LogP contribution in [-0.2, 0) is 0 Å². The van der Waals surface area contributed by atoms with Crippen LogP contribution in [0.2, 0.25) is 0 Å². The average molecular weight is 109 g/mol. The van der Waals surface area contributed by atoms with Gasteiger partial charge in [-0.2, -0.15) is 10.5 Å². The lowest BCUT2D eigenvalue weighted by molar-refractivity contribution is 0.214. The Labute approximate surface area is 46.2 Å². The van der Waals surface area contributed by atoms with Gasteiger partial charge in [0.05, 0.1) is 6.20 Å². The van der Waals surface area contributed by atoms with Crippen molar-refractivity contribution in [1.82, 2.24) is 5.48 Å². The van der Waals surface area contributed by atoms with Gasteiger partial charge in [-0.1, -0.05) is 0 Å². The number of allylic oxidation sites excluding steroid dienone is 1. The van der Waals surface area contributed by atoms with Crippen molar-refractivity contribution >= 4 is 0 Å². The molecule has 2 N–H and O–H groups in total. The molecule has 0 rings (SSSR count). The van der Waals surface area contributed by atoms with Crippen LogP contribution in [0.5, 0.6) is 0 Å². The van der Waals surface area contributed by atoms with Gasteiger partial charge in [-0.3, -0.25) is 10.7 Å². The Morgan fingerprint density at radius 2 is 2.00 bits per heavy atom. The van der Waals surface area contributed by atoms with E-state index in [1.807, 2.05) is 0 Å². The zero-order chi connectivity index (χ0) is 6.41. The molecule has 0 spiro atoms. The van der Waals surface area contributed by atoms with Crippen molar-refractivity contribution in [3.63, 3.8) is 0 Å². The molecule has 8 heavy (non-hydrogen) atoms. The Hall–Kier alpha value is -1.52. The van der Waals surface area contributed by atoms with E-state index in [2.05, 4.69) is 0 Å². The molecule has 0 saturated carbocycles. The number of hydrogen-bond donors (Lipinski definition) is 2. The molecule has 40 valence electrons. The first kappa shape index (κ1) is 6.48. The van der Waals surface area contributed by atoms with Crippen LogP contribution >= 0.6 is 0 Å². The summed E-state index contributed by atoms with van der Waals surface area (Å²) >= 11 is 0. The van der Waals surface area contributed by atoms with Gasteiger partial charge in [-0.15, -0.1) is 0 Å². The first-order chi connectivity index (χ1) is 3.85. The van der Waals surface area contributed by atoms with Gasteiger partial charge in [0.15, 0.2) is 0 Å². The van der Waals surface area contributed by atoms with Crippen molar-refractivity contribution in [2.24, 2.45) is 0 Å². The van der Waals surface area contributed by atoms with Crippen LogP contribution in [-0.4, -0.2) is 5.21 Å². The van der Waals surface area contributed by atoms with E-state index in [0.29, 0.717) is 0 Å². The smallest absolute Gasteiger partial charge is 0.147 e. The van der Waals surface area contributed by atoms with Gasteiger partial charge in [0.1, 0.15) is 17.7 Å².